The Morgan fingerprint density at radius 1 is 1.32 bits per heavy atom. The zero-order valence-electron chi connectivity index (χ0n) is 11.6. The van der Waals surface area contributed by atoms with Gasteiger partial charge in [-0.15, -0.1) is 0 Å². The summed E-state index contributed by atoms with van der Waals surface area (Å²) in [7, 11) is -1.68. The van der Waals surface area contributed by atoms with Crippen LogP contribution in [0.15, 0.2) is 42.5 Å². The topological polar surface area (TPSA) is 57.5 Å². The van der Waals surface area contributed by atoms with Crippen LogP contribution < -0.4 is 5.19 Å². The molecule has 0 aromatic heterocycles. The molecule has 0 fully saturated rings. The molecule has 2 N–H and O–H groups in total. The highest BCUT2D eigenvalue weighted by molar-refractivity contribution is 6.90. The molecule has 104 valence electrons. The molecule has 1 atom stereocenters. The number of rotatable bonds is 7. The van der Waals surface area contributed by atoms with Crippen molar-refractivity contribution in [3.05, 3.63) is 42.5 Å². The van der Waals surface area contributed by atoms with E-state index in [0.717, 1.165) is 11.6 Å². The third-order valence-electron chi connectivity index (χ3n) is 3.44. The Balaban J connectivity index is 2.77. The predicted molar refractivity (Wildman–Crippen MR) is 80.3 cm³/mol. The van der Waals surface area contributed by atoms with Crippen molar-refractivity contribution in [1.82, 2.24) is 0 Å². The fraction of sp³-hybridized carbons (Fsp3) is 0.400. The normalized spacial score (nSPS) is 13.0. The minimum absolute atomic E-state index is 0.0470. The van der Waals surface area contributed by atoms with Gasteiger partial charge in [0.05, 0.1) is 21.1 Å². The van der Waals surface area contributed by atoms with E-state index in [9.17, 15) is 9.90 Å². The maximum atomic E-state index is 10.8. The van der Waals surface area contributed by atoms with Crippen molar-refractivity contribution in [3.8, 4) is 0 Å². The molecule has 0 heterocycles. The van der Waals surface area contributed by atoms with Gasteiger partial charge >= 0.3 is 5.97 Å². The number of carboxylic acids is 1. The molecule has 19 heavy (non-hydrogen) atoms. The van der Waals surface area contributed by atoms with Gasteiger partial charge in [-0.25, -0.2) is 0 Å². The lowest BCUT2D eigenvalue weighted by atomic mass is 9.99. The van der Waals surface area contributed by atoms with Crippen LogP contribution in [-0.2, 0) is 4.79 Å². The van der Waals surface area contributed by atoms with E-state index in [0.29, 0.717) is 0 Å². The number of benzene rings is 1. The van der Waals surface area contributed by atoms with Crippen LogP contribution in [0, 0.1) is 5.92 Å². The summed E-state index contributed by atoms with van der Waals surface area (Å²) in [5.41, 5.74) is 0.852. The number of hydrogen-bond donors (Lipinski definition) is 2. The number of aliphatic hydroxyl groups is 1. The molecule has 0 amide bonds. The van der Waals surface area contributed by atoms with Crippen LogP contribution in [0.4, 0.5) is 0 Å². The van der Waals surface area contributed by atoms with Gasteiger partial charge in [0.25, 0.3) is 0 Å². The molecule has 1 rings (SSSR count). The van der Waals surface area contributed by atoms with E-state index in [1.54, 1.807) is 0 Å². The third-order valence-corrected chi connectivity index (χ3v) is 6.68. The summed E-state index contributed by atoms with van der Waals surface area (Å²) in [6.45, 7) is 8.33. The SMILES string of the molecule is C=C(C[Si](C)(C)c1ccccc1)C(CO)CC(=O)O. The molecule has 0 aliphatic rings. The van der Waals surface area contributed by atoms with Crippen molar-refractivity contribution in [2.45, 2.75) is 25.6 Å². The molecule has 1 unspecified atom stereocenters. The summed E-state index contributed by atoms with van der Waals surface area (Å²) in [6.07, 6.45) is -0.0470. The second-order valence-electron chi connectivity index (χ2n) is 5.56. The quantitative estimate of drug-likeness (QED) is 0.594. The van der Waals surface area contributed by atoms with Crippen LogP contribution in [0.1, 0.15) is 6.42 Å². The summed E-state index contributed by atoms with van der Waals surface area (Å²) in [4.78, 5) is 10.8. The van der Waals surface area contributed by atoms with Gasteiger partial charge in [-0.05, 0) is 6.04 Å². The van der Waals surface area contributed by atoms with Crippen molar-refractivity contribution < 1.29 is 15.0 Å². The van der Waals surface area contributed by atoms with Crippen molar-refractivity contribution in [2.75, 3.05) is 6.61 Å². The summed E-state index contributed by atoms with van der Waals surface area (Å²) in [5, 5.41) is 19.5. The maximum Gasteiger partial charge on any atom is 0.304 e. The molecular weight excluding hydrogens is 256 g/mol. The summed E-state index contributed by atoms with van der Waals surface area (Å²) >= 11 is 0. The zero-order valence-corrected chi connectivity index (χ0v) is 12.6. The monoisotopic (exact) mass is 278 g/mol. The third kappa shape index (κ3) is 4.65. The lowest BCUT2D eigenvalue weighted by Crippen LogP contribution is -2.42. The van der Waals surface area contributed by atoms with Gasteiger partial charge in [0.1, 0.15) is 0 Å². The summed E-state index contributed by atoms with van der Waals surface area (Å²) in [5.74, 6) is -1.23. The van der Waals surface area contributed by atoms with Gasteiger partial charge in [0, 0.05) is 5.92 Å². The Labute approximate surface area is 115 Å². The maximum absolute atomic E-state index is 10.8. The predicted octanol–water partition coefficient (Wildman–Crippen LogP) is 2.24. The Kier molecular flexibility index (Phi) is 5.51. The second-order valence-corrected chi connectivity index (χ2v) is 10.3. The van der Waals surface area contributed by atoms with Crippen molar-refractivity contribution in [3.63, 3.8) is 0 Å². The standard InChI is InChI=1S/C15H22O3Si/c1-12(13(10-16)9-15(17)18)11-19(2,3)14-7-5-4-6-8-14/h4-8,13,16H,1,9-11H2,2-3H3,(H,17,18). The molecule has 0 saturated heterocycles. The zero-order chi connectivity index (χ0) is 14.5. The fourth-order valence-corrected chi connectivity index (χ4v) is 4.98. The van der Waals surface area contributed by atoms with E-state index < -0.39 is 14.0 Å². The minimum Gasteiger partial charge on any atom is -0.481 e. The van der Waals surface area contributed by atoms with Crippen LogP contribution in [0.5, 0.6) is 0 Å². The average Bonchev–Trinajstić information content (AvgIpc) is 2.36. The molecule has 0 radical (unpaired) electrons. The van der Waals surface area contributed by atoms with Gasteiger partial charge in [-0.1, -0.05) is 60.8 Å². The number of aliphatic carboxylic acids is 1. The van der Waals surface area contributed by atoms with Crippen molar-refractivity contribution in [1.29, 1.82) is 0 Å². The van der Waals surface area contributed by atoms with E-state index in [1.165, 1.54) is 5.19 Å². The molecule has 0 aliphatic carbocycles. The first-order chi connectivity index (χ1) is 8.86. The van der Waals surface area contributed by atoms with Gasteiger partial charge in [-0.3, -0.25) is 4.79 Å². The van der Waals surface area contributed by atoms with Crippen LogP contribution >= 0.6 is 0 Å². The van der Waals surface area contributed by atoms with E-state index in [4.69, 9.17) is 5.11 Å². The van der Waals surface area contributed by atoms with Crippen molar-refractivity contribution in [2.24, 2.45) is 5.92 Å². The smallest absolute Gasteiger partial charge is 0.304 e. The van der Waals surface area contributed by atoms with Gasteiger partial charge in [0.15, 0.2) is 0 Å². The molecule has 0 aliphatic heterocycles. The highest BCUT2D eigenvalue weighted by Crippen LogP contribution is 2.23. The first-order valence-electron chi connectivity index (χ1n) is 6.42. The van der Waals surface area contributed by atoms with Gasteiger partial charge < -0.3 is 10.2 Å². The highest BCUT2D eigenvalue weighted by atomic mass is 28.3. The summed E-state index contributed by atoms with van der Waals surface area (Å²) < 4.78 is 0. The fourth-order valence-electron chi connectivity index (χ4n) is 2.25. The first kappa shape index (κ1) is 15.7. The molecule has 1 aromatic rings. The number of hydrogen-bond acceptors (Lipinski definition) is 2. The lowest BCUT2D eigenvalue weighted by molar-refractivity contribution is -0.138. The molecule has 3 nitrogen and oxygen atoms in total. The van der Waals surface area contributed by atoms with Gasteiger partial charge in [0.2, 0.25) is 0 Å². The largest absolute Gasteiger partial charge is 0.481 e. The molecule has 1 aromatic carbocycles. The van der Waals surface area contributed by atoms with E-state index in [2.05, 4.69) is 31.8 Å². The molecule has 4 heteroatoms. The Morgan fingerprint density at radius 2 is 1.89 bits per heavy atom. The minimum atomic E-state index is -1.68. The molecule has 0 bridgehead atoms. The van der Waals surface area contributed by atoms with Crippen molar-refractivity contribution >= 4 is 19.2 Å². The van der Waals surface area contributed by atoms with Crippen LogP contribution in [-0.4, -0.2) is 30.9 Å². The molecule has 0 spiro atoms. The average molecular weight is 278 g/mol. The molecular formula is C15H22O3Si. The molecule has 0 saturated carbocycles. The van der Waals surface area contributed by atoms with E-state index >= 15 is 0 Å². The summed E-state index contributed by atoms with van der Waals surface area (Å²) in [6, 6.07) is 11.1. The second kappa shape index (κ2) is 6.68. The van der Waals surface area contributed by atoms with E-state index in [-0.39, 0.29) is 18.9 Å². The van der Waals surface area contributed by atoms with Gasteiger partial charge in [-0.2, -0.15) is 0 Å². The Bertz CT molecular complexity index is 440. The Morgan fingerprint density at radius 3 is 2.37 bits per heavy atom. The lowest BCUT2D eigenvalue weighted by Gasteiger charge is -2.27. The van der Waals surface area contributed by atoms with Crippen LogP contribution in [0.25, 0.3) is 0 Å². The Hall–Kier alpha value is -1.39. The van der Waals surface area contributed by atoms with Crippen LogP contribution in [0.3, 0.4) is 0 Å². The number of carboxylic acid groups (broad SMARTS) is 1. The highest BCUT2D eigenvalue weighted by Gasteiger charge is 2.27. The van der Waals surface area contributed by atoms with E-state index in [1.807, 2.05) is 18.2 Å². The number of aliphatic hydroxyl groups excluding tert-OH is 1. The number of carbonyl (C=O) groups is 1. The first-order valence-corrected chi connectivity index (χ1v) is 9.63. The van der Waals surface area contributed by atoms with Crippen LogP contribution in [0.2, 0.25) is 19.1 Å².